The molecule has 0 saturated carbocycles. The summed E-state index contributed by atoms with van der Waals surface area (Å²) in [7, 11) is 0. The monoisotopic (exact) mass is 256 g/mol. The van der Waals surface area contributed by atoms with Crippen molar-refractivity contribution in [1.29, 1.82) is 0 Å². The number of amides is 1. The maximum atomic E-state index is 12.6. The first-order chi connectivity index (χ1) is 8.38. The van der Waals surface area contributed by atoms with Crippen LogP contribution in [-0.4, -0.2) is 11.6 Å². The van der Waals surface area contributed by atoms with E-state index in [-0.39, 0.29) is 5.91 Å². The Bertz CT molecular complexity index is 508. The molecule has 1 aromatic carbocycles. The lowest BCUT2D eigenvalue weighted by atomic mass is 9.91. The average Bonchev–Trinajstić information content (AvgIpc) is 2.31. The summed E-state index contributed by atoms with van der Waals surface area (Å²) >= 11 is 0. The zero-order chi connectivity index (χ0) is 13.3. The minimum Gasteiger partial charge on any atom is -0.272 e. The molecule has 1 unspecified atom stereocenters. The Balaban J connectivity index is 2.34. The summed E-state index contributed by atoms with van der Waals surface area (Å²) in [6, 6.07) is 4.85. The van der Waals surface area contributed by atoms with Crippen molar-refractivity contribution in [2.75, 3.05) is 0 Å². The molecule has 3 nitrogen and oxygen atoms in total. The molecule has 0 aromatic heterocycles. The molecule has 0 aliphatic carbocycles. The average molecular weight is 256 g/mol. The predicted octanol–water partition coefficient (Wildman–Crippen LogP) is 2.68. The SMILES string of the molecule is CC1=NNC(=O)C(c2cccc(C(F)(F)F)c2)C1. The third-order valence-corrected chi connectivity index (χ3v) is 2.79. The molecule has 1 atom stereocenters. The van der Waals surface area contributed by atoms with E-state index in [9.17, 15) is 18.0 Å². The van der Waals surface area contributed by atoms with Crippen molar-refractivity contribution in [2.24, 2.45) is 5.10 Å². The third kappa shape index (κ3) is 2.52. The molecule has 0 saturated heterocycles. The van der Waals surface area contributed by atoms with Gasteiger partial charge in [-0.25, -0.2) is 5.43 Å². The Labute approximate surface area is 102 Å². The van der Waals surface area contributed by atoms with Crippen molar-refractivity contribution in [3.05, 3.63) is 35.4 Å². The lowest BCUT2D eigenvalue weighted by Gasteiger charge is -2.20. The molecule has 1 aromatic rings. The molecular weight excluding hydrogens is 245 g/mol. The van der Waals surface area contributed by atoms with Crippen LogP contribution in [0.1, 0.15) is 30.4 Å². The fourth-order valence-corrected chi connectivity index (χ4v) is 1.86. The number of hydrazone groups is 1. The van der Waals surface area contributed by atoms with Crippen LogP contribution < -0.4 is 5.43 Å². The number of nitrogens with zero attached hydrogens (tertiary/aromatic N) is 1. The third-order valence-electron chi connectivity index (χ3n) is 2.79. The lowest BCUT2D eigenvalue weighted by Crippen LogP contribution is -2.32. The van der Waals surface area contributed by atoms with Gasteiger partial charge in [0, 0.05) is 12.1 Å². The molecule has 0 bridgehead atoms. The molecule has 0 radical (unpaired) electrons. The highest BCUT2D eigenvalue weighted by atomic mass is 19.4. The van der Waals surface area contributed by atoms with Crippen LogP contribution in [0.15, 0.2) is 29.4 Å². The van der Waals surface area contributed by atoms with Gasteiger partial charge in [-0.05, 0) is 18.6 Å². The summed E-state index contributed by atoms with van der Waals surface area (Å²) in [5.41, 5.74) is 2.61. The first kappa shape index (κ1) is 12.6. The van der Waals surface area contributed by atoms with E-state index in [1.54, 1.807) is 6.92 Å². The lowest BCUT2D eigenvalue weighted by molar-refractivity contribution is -0.137. The summed E-state index contributed by atoms with van der Waals surface area (Å²) in [5.74, 6) is -0.982. The number of hydrogen-bond donors (Lipinski definition) is 1. The number of halogens is 3. The van der Waals surface area contributed by atoms with Gasteiger partial charge in [-0.15, -0.1) is 0 Å². The highest BCUT2D eigenvalue weighted by molar-refractivity contribution is 5.95. The van der Waals surface area contributed by atoms with Gasteiger partial charge in [0.1, 0.15) is 0 Å². The van der Waals surface area contributed by atoms with E-state index in [1.807, 2.05) is 0 Å². The van der Waals surface area contributed by atoms with Crippen molar-refractivity contribution in [3.8, 4) is 0 Å². The van der Waals surface area contributed by atoms with Crippen LogP contribution in [0.3, 0.4) is 0 Å². The van der Waals surface area contributed by atoms with Gasteiger partial charge in [0.2, 0.25) is 5.91 Å². The van der Waals surface area contributed by atoms with Gasteiger partial charge in [0.25, 0.3) is 0 Å². The van der Waals surface area contributed by atoms with Crippen molar-refractivity contribution >= 4 is 11.6 Å². The number of carbonyl (C=O) groups excluding carboxylic acids is 1. The molecule has 1 N–H and O–H groups in total. The topological polar surface area (TPSA) is 41.5 Å². The molecule has 6 heteroatoms. The molecule has 1 heterocycles. The molecule has 0 fully saturated rings. The standard InChI is InChI=1S/C12H11F3N2O/c1-7-5-10(11(18)17-16-7)8-3-2-4-9(6-8)12(13,14)15/h2-4,6,10H,5H2,1H3,(H,17,18). The number of nitrogens with one attached hydrogen (secondary N) is 1. The predicted molar refractivity (Wildman–Crippen MR) is 60.1 cm³/mol. The van der Waals surface area contributed by atoms with Gasteiger partial charge in [-0.1, -0.05) is 18.2 Å². The van der Waals surface area contributed by atoms with Gasteiger partial charge in [0.05, 0.1) is 11.5 Å². The van der Waals surface area contributed by atoms with Crippen LogP contribution in [0.2, 0.25) is 0 Å². The van der Waals surface area contributed by atoms with Gasteiger partial charge in [0.15, 0.2) is 0 Å². The second kappa shape index (κ2) is 4.44. The van der Waals surface area contributed by atoms with Crippen LogP contribution in [0.4, 0.5) is 13.2 Å². The number of hydrogen-bond acceptors (Lipinski definition) is 2. The normalized spacial score (nSPS) is 20.3. The summed E-state index contributed by atoms with van der Waals surface area (Å²) in [6.45, 7) is 1.72. The Morgan fingerprint density at radius 3 is 2.78 bits per heavy atom. The minimum atomic E-state index is -4.40. The first-order valence-corrected chi connectivity index (χ1v) is 5.38. The fraction of sp³-hybridized carbons (Fsp3) is 0.333. The van der Waals surface area contributed by atoms with Gasteiger partial charge < -0.3 is 0 Å². The smallest absolute Gasteiger partial charge is 0.272 e. The second-order valence-electron chi connectivity index (χ2n) is 4.20. The quantitative estimate of drug-likeness (QED) is 0.824. The van der Waals surface area contributed by atoms with Crippen LogP contribution >= 0.6 is 0 Å². The summed E-state index contributed by atoms with van der Waals surface area (Å²) < 4.78 is 37.8. The van der Waals surface area contributed by atoms with Crippen molar-refractivity contribution in [2.45, 2.75) is 25.4 Å². The van der Waals surface area contributed by atoms with E-state index in [4.69, 9.17) is 0 Å². The Morgan fingerprint density at radius 1 is 1.39 bits per heavy atom. The van der Waals surface area contributed by atoms with E-state index in [2.05, 4.69) is 10.5 Å². The maximum absolute atomic E-state index is 12.6. The van der Waals surface area contributed by atoms with Gasteiger partial charge >= 0.3 is 6.18 Å². The Morgan fingerprint density at radius 2 is 2.11 bits per heavy atom. The number of benzene rings is 1. The Kier molecular flexibility index (Phi) is 3.11. The fourth-order valence-electron chi connectivity index (χ4n) is 1.86. The maximum Gasteiger partial charge on any atom is 0.416 e. The van der Waals surface area contributed by atoms with E-state index in [0.29, 0.717) is 17.7 Å². The Hall–Kier alpha value is -1.85. The highest BCUT2D eigenvalue weighted by Crippen LogP contribution is 2.32. The van der Waals surface area contributed by atoms with E-state index in [0.717, 1.165) is 12.1 Å². The number of carbonyl (C=O) groups is 1. The van der Waals surface area contributed by atoms with Crippen LogP contribution in [0.25, 0.3) is 0 Å². The van der Waals surface area contributed by atoms with Gasteiger partial charge in [-0.3, -0.25) is 4.79 Å². The highest BCUT2D eigenvalue weighted by Gasteiger charge is 2.32. The van der Waals surface area contributed by atoms with E-state index in [1.165, 1.54) is 12.1 Å². The zero-order valence-electron chi connectivity index (χ0n) is 9.58. The first-order valence-electron chi connectivity index (χ1n) is 5.38. The minimum absolute atomic E-state index is 0.340. The summed E-state index contributed by atoms with van der Waals surface area (Å²) in [4.78, 5) is 11.6. The zero-order valence-corrected chi connectivity index (χ0v) is 9.58. The molecule has 1 aliphatic heterocycles. The molecule has 1 amide bonds. The van der Waals surface area contributed by atoms with Crippen molar-refractivity contribution < 1.29 is 18.0 Å². The molecule has 18 heavy (non-hydrogen) atoms. The number of alkyl halides is 3. The second-order valence-corrected chi connectivity index (χ2v) is 4.20. The van der Waals surface area contributed by atoms with Crippen LogP contribution in [0.5, 0.6) is 0 Å². The molecule has 96 valence electrons. The van der Waals surface area contributed by atoms with Gasteiger partial charge in [-0.2, -0.15) is 18.3 Å². The van der Waals surface area contributed by atoms with Crippen LogP contribution in [0, 0.1) is 0 Å². The van der Waals surface area contributed by atoms with Crippen molar-refractivity contribution in [1.82, 2.24) is 5.43 Å². The summed E-state index contributed by atoms with van der Waals surface area (Å²) in [5, 5.41) is 3.75. The van der Waals surface area contributed by atoms with Crippen molar-refractivity contribution in [3.63, 3.8) is 0 Å². The molecular formula is C12H11F3N2O. The van der Waals surface area contributed by atoms with E-state index >= 15 is 0 Å². The number of rotatable bonds is 1. The molecule has 0 spiro atoms. The summed E-state index contributed by atoms with van der Waals surface area (Å²) in [6.07, 6.45) is -4.06. The van der Waals surface area contributed by atoms with Crippen LogP contribution in [-0.2, 0) is 11.0 Å². The largest absolute Gasteiger partial charge is 0.416 e. The molecule has 2 rings (SSSR count). The van der Waals surface area contributed by atoms with E-state index < -0.39 is 17.7 Å². The molecule has 1 aliphatic rings.